The number of rotatable bonds is 9. The predicted molar refractivity (Wildman–Crippen MR) is 325 cm³/mol. The first-order valence-electron chi connectivity index (χ1n) is 27.2. The van der Waals surface area contributed by atoms with Gasteiger partial charge in [-0.15, -0.1) is 0 Å². The Hall–Kier alpha value is -8.20. The summed E-state index contributed by atoms with van der Waals surface area (Å²) in [5.74, 6) is 0. The fraction of sp³-hybridized carbons (Fsp3) is 0.189. The van der Waals surface area contributed by atoms with E-state index in [9.17, 15) is 0 Å². The number of nitrogens with zero attached hydrogens (tertiary/aromatic N) is 2. The maximum Gasteiger partial charge on any atom is 0.0467 e. The van der Waals surface area contributed by atoms with Gasteiger partial charge < -0.3 is 9.80 Å². The molecule has 0 aliphatic heterocycles. The van der Waals surface area contributed by atoms with Gasteiger partial charge in [0.1, 0.15) is 0 Å². The molecule has 0 aromatic heterocycles. The minimum absolute atomic E-state index is 0.0893. The standard InChI is InChI=1S/C74H68N2/c1-45-35-53(36-46(2)69(45)71-49(5)39-59(40-50(71)6)75(55-23-15-13-16-24-55)57-31-33-63-61-27-19-21-29-65(61)73(9,10)67(63)43-57)54-37-47(3)70(48(4)38-54)72-51(7)41-60(42-52(72)8)76(56-25-17-14-18-26-56)58-32-34-64-62-28-20-22-30-66(62)74(11,12)68(64)44-58/h13-44H,1-12H3. The Bertz CT molecular complexity index is 3610. The summed E-state index contributed by atoms with van der Waals surface area (Å²) in [6.45, 7) is 27.8. The predicted octanol–water partition coefficient (Wildman–Crippen LogP) is 20.7. The van der Waals surface area contributed by atoms with Gasteiger partial charge in [-0.3, -0.25) is 0 Å². The average Bonchev–Trinajstić information content (AvgIpc) is 3.81. The highest BCUT2D eigenvalue weighted by Gasteiger charge is 2.37. The lowest BCUT2D eigenvalue weighted by molar-refractivity contribution is 0.660. The monoisotopic (exact) mass is 985 g/mol. The third kappa shape index (κ3) is 7.83. The lowest BCUT2D eigenvalue weighted by atomic mass is 9.82. The lowest BCUT2D eigenvalue weighted by Gasteiger charge is -2.29. The highest BCUT2D eigenvalue weighted by Crippen LogP contribution is 2.53. The van der Waals surface area contributed by atoms with Crippen LogP contribution >= 0.6 is 0 Å². The molecule has 0 amide bonds. The van der Waals surface area contributed by atoms with Crippen LogP contribution in [0.4, 0.5) is 34.1 Å². The smallest absolute Gasteiger partial charge is 0.0467 e. The molecule has 10 aromatic carbocycles. The van der Waals surface area contributed by atoms with Gasteiger partial charge >= 0.3 is 0 Å². The molecule has 2 nitrogen and oxygen atoms in total. The molecular formula is C74H68N2. The number of hydrogen-bond donors (Lipinski definition) is 0. The Labute approximate surface area is 452 Å². The topological polar surface area (TPSA) is 6.48 Å². The number of anilines is 6. The second-order valence-corrected chi connectivity index (χ2v) is 23.0. The minimum atomic E-state index is -0.0893. The molecule has 12 rings (SSSR count). The van der Waals surface area contributed by atoms with Crippen LogP contribution in [0.2, 0.25) is 0 Å². The molecule has 76 heavy (non-hydrogen) atoms. The Balaban J connectivity index is 0.869. The van der Waals surface area contributed by atoms with E-state index < -0.39 is 0 Å². The van der Waals surface area contributed by atoms with Crippen LogP contribution in [0.15, 0.2) is 194 Å². The van der Waals surface area contributed by atoms with Gasteiger partial charge in [0.05, 0.1) is 0 Å². The molecule has 10 aromatic rings. The number of para-hydroxylation sites is 2. The van der Waals surface area contributed by atoms with Crippen molar-refractivity contribution < 1.29 is 0 Å². The summed E-state index contributed by atoms with van der Waals surface area (Å²) in [4.78, 5) is 4.87. The average molecular weight is 985 g/mol. The zero-order chi connectivity index (χ0) is 52.9. The van der Waals surface area contributed by atoms with E-state index in [4.69, 9.17) is 0 Å². The molecule has 0 saturated carbocycles. The van der Waals surface area contributed by atoms with Crippen LogP contribution in [0.5, 0.6) is 0 Å². The van der Waals surface area contributed by atoms with Crippen molar-refractivity contribution in [1.82, 2.24) is 0 Å². The molecule has 0 bridgehead atoms. The van der Waals surface area contributed by atoms with Crippen LogP contribution in [0.1, 0.15) is 94.5 Å². The fourth-order valence-corrected chi connectivity index (χ4v) is 13.7. The quantitative estimate of drug-likeness (QED) is 0.142. The molecular weight excluding hydrogens is 917 g/mol. The van der Waals surface area contributed by atoms with E-state index >= 15 is 0 Å². The van der Waals surface area contributed by atoms with Crippen molar-refractivity contribution in [1.29, 1.82) is 0 Å². The number of fused-ring (bicyclic) bond motifs is 6. The van der Waals surface area contributed by atoms with E-state index in [0.717, 1.165) is 11.4 Å². The largest absolute Gasteiger partial charge is 0.310 e. The van der Waals surface area contributed by atoms with Gasteiger partial charge in [0.2, 0.25) is 0 Å². The van der Waals surface area contributed by atoms with Crippen LogP contribution in [0, 0.1) is 55.4 Å². The third-order valence-electron chi connectivity index (χ3n) is 17.1. The normalized spacial score (nSPS) is 13.5. The number of hydrogen-bond acceptors (Lipinski definition) is 2. The van der Waals surface area contributed by atoms with E-state index in [1.165, 1.54) is 145 Å². The molecule has 2 aliphatic carbocycles. The van der Waals surface area contributed by atoms with E-state index in [1.807, 2.05) is 0 Å². The van der Waals surface area contributed by atoms with Crippen molar-refractivity contribution in [3.05, 3.63) is 261 Å². The highest BCUT2D eigenvalue weighted by molar-refractivity contribution is 5.91. The SMILES string of the molecule is Cc1cc(-c2cc(C)c(-c3c(C)cc(N(c4ccccc4)c4ccc5c(c4)C(C)(C)c4ccccc4-5)cc3C)c(C)c2)cc(C)c1-c1c(C)cc(N(c2ccccc2)c2ccc3c(c2)C(C)(C)c2ccccc2-3)cc1C. The fourth-order valence-electron chi connectivity index (χ4n) is 13.7. The van der Waals surface area contributed by atoms with Crippen molar-refractivity contribution in [3.63, 3.8) is 0 Å². The van der Waals surface area contributed by atoms with Gasteiger partial charge in [-0.25, -0.2) is 0 Å². The second-order valence-electron chi connectivity index (χ2n) is 23.0. The van der Waals surface area contributed by atoms with Gasteiger partial charge in [-0.1, -0.05) is 149 Å². The Kier molecular flexibility index (Phi) is 11.7. The van der Waals surface area contributed by atoms with Gasteiger partial charge in [0, 0.05) is 45.0 Å². The number of aryl methyl sites for hydroxylation is 8. The van der Waals surface area contributed by atoms with Crippen LogP contribution in [0.25, 0.3) is 55.6 Å². The first-order chi connectivity index (χ1) is 36.5. The van der Waals surface area contributed by atoms with E-state index in [0.29, 0.717) is 0 Å². The third-order valence-corrected chi connectivity index (χ3v) is 17.1. The van der Waals surface area contributed by atoms with Gasteiger partial charge in [-0.2, -0.15) is 0 Å². The van der Waals surface area contributed by atoms with Crippen LogP contribution in [0.3, 0.4) is 0 Å². The minimum Gasteiger partial charge on any atom is -0.310 e. The van der Waals surface area contributed by atoms with Crippen molar-refractivity contribution in [3.8, 4) is 55.6 Å². The van der Waals surface area contributed by atoms with Crippen molar-refractivity contribution in [2.45, 2.75) is 93.9 Å². The van der Waals surface area contributed by atoms with Gasteiger partial charge in [0.15, 0.2) is 0 Å². The van der Waals surface area contributed by atoms with Crippen molar-refractivity contribution >= 4 is 34.1 Å². The molecule has 0 heterocycles. The molecule has 0 atom stereocenters. The lowest BCUT2D eigenvalue weighted by Crippen LogP contribution is -2.16. The van der Waals surface area contributed by atoms with E-state index in [2.05, 4.69) is 287 Å². The summed E-state index contributed by atoms with van der Waals surface area (Å²) >= 11 is 0. The summed E-state index contributed by atoms with van der Waals surface area (Å²) < 4.78 is 0. The summed E-state index contributed by atoms with van der Waals surface area (Å²) in [6.07, 6.45) is 0. The zero-order valence-electron chi connectivity index (χ0n) is 46.4. The zero-order valence-corrected chi connectivity index (χ0v) is 46.4. The summed E-state index contributed by atoms with van der Waals surface area (Å²) in [5.41, 5.74) is 35.7. The van der Waals surface area contributed by atoms with Gasteiger partial charge in [0.25, 0.3) is 0 Å². The van der Waals surface area contributed by atoms with Gasteiger partial charge in [-0.05, 0) is 251 Å². The Morgan fingerprint density at radius 1 is 0.237 bits per heavy atom. The number of benzene rings is 10. The van der Waals surface area contributed by atoms with Crippen LogP contribution in [-0.4, -0.2) is 0 Å². The van der Waals surface area contributed by atoms with Crippen LogP contribution < -0.4 is 9.80 Å². The second kappa shape index (κ2) is 18.3. The van der Waals surface area contributed by atoms with Crippen molar-refractivity contribution in [2.24, 2.45) is 0 Å². The summed E-state index contributed by atoms with van der Waals surface area (Å²) in [6, 6.07) is 72.8. The molecule has 374 valence electrons. The molecule has 0 fully saturated rings. The molecule has 0 spiro atoms. The first kappa shape index (κ1) is 48.7. The van der Waals surface area contributed by atoms with Crippen molar-refractivity contribution in [2.75, 3.05) is 9.80 Å². The summed E-state index contributed by atoms with van der Waals surface area (Å²) in [5, 5.41) is 0. The first-order valence-corrected chi connectivity index (χ1v) is 27.2. The highest BCUT2D eigenvalue weighted by atomic mass is 15.1. The van der Waals surface area contributed by atoms with E-state index in [1.54, 1.807) is 0 Å². The maximum atomic E-state index is 2.44. The molecule has 0 N–H and O–H groups in total. The molecule has 0 saturated heterocycles. The Morgan fingerprint density at radius 3 is 0.842 bits per heavy atom. The molecule has 0 radical (unpaired) electrons. The summed E-state index contributed by atoms with van der Waals surface area (Å²) in [7, 11) is 0. The van der Waals surface area contributed by atoms with Crippen LogP contribution in [-0.2, 0) is 10.8 Å². The molecule has 2 aliphatic rings. The molecule has 0 unspecified atom stereocenters. The maximum absolute atomic E-state index is 2.44. The Morgan fingerprint density at radius 2 is 0.513 bits per heavy atom. The molecule has 2 heteroatoms. The van der Waals surface area contributed by atoms with E-state index in [-0.39, 0.29) is 10.8 Å².